The SMILES string of the molecule is CCOC(=O)NC(=O)COC(=O)c1cn(-c2ccccc2)nc1-c1ccc(OC)cc1. The maximum Gasteiger partial charge on any atom is 0.413 e. The molecule has 1 heterocycles. The number of benzene rings is 2. The largest absolute Gasteiger partial charge is 0.497 e. The third-order valence-electron chi connectivity index (χ3n) is 4.17. The molecule has 1 aromatic heterocycles. The Morgan fingerprint density at radius 1 is 1.00 bits per heavy atom. The average Bonchev–Trinajstić information content (AvgIpc) is 3.24. The highest BCUT2D eigenvalue weighted by Crippen LogP contribution is 2.26. The zero-order valence-electron chi connectivity index (χ0n) is 17.0. The molecule has 31 heavy (non-hydrogen) atoms. The van der Waals surface area contributed by atoms with Crippen molar-refractivity contribution in [2.24, 2.45) is 0 Å². The van der Waals surface area contributed by atoms with Crippen LogP contribution in [0.1, 0.15) is 17.3 Å². The van der Waals surface area contributed by atoms with E-state index < -0.39 is 24.6 Å². The van der Waals surface area contributed by atoms with Crippen LogP contribution in [0.4, 0.5) is 4.79 Å². The van der Waals surface area contributed by atoms with E-state index in [2.05, 4.69) is 9.84 Å². The molecule has 3 rings (SSSR count). The standard InChI is InChI=1S/C22H21N3O6/c1-3-30-22(28)23-19(26)14-31-21(27)18-13-25(16-7-5-4-6-8-16)24-20(18)15-9-11-17(29-2)12-10-15/h4-13H,3,14H2,1-2H3,(H,23,26,28). The Hall–Kier alpha value is -4.14. The van der Waals surface area contributed by atoms with E-state index >= 15 is 0 Å². The number of alkyl carbamates (subject to hydrolysis) is 1. The normalized spacial score (nSPS) is 10.3. The molecule has 0 saturated carbocycles. The highest BCUT2D eigenvalue weighted by Gasteiger charge is 2.21. The Kier molecular flexibility index (Phi) is 7.00. The third kappa shape index (κ3) is 5.47. The first-order valence-corrected chi connectivity index (χ1v) is 9.45. The highest BCUT2D eigenvalue weighted by atomic mass is 16.6. The molecule has 0 atom stereocenters. The number of amides is 2. The molecule has 0 fully saturated rings. The summed E-state index contributed by atoms with van der Waals surface area (Å²) >= 11 is 0. The number of aromatic nitrogens is 2. The summed E-state index contributed by atoms with van der Waals surface area (Å²) < 4.78 is 16.4. The number of nitrogens with zero attached hydrogens (tertiary/aromatic N) is 2. The number of carbonyl (C=O) groups excluding carboxylic acids is 3. The van der Waals surface area contributed by atoms with Gasteiger partial charge in [0.15, 0.2) is 6.61 Å². The molecule has 0 unspecified atom stereocenters. The van der Waals surface area contributed by atoms with Crippen molar-refractivity contribution in [3.8, 4) is 22.7 Å². The lowest BCUT2D eigenvalue weighted by Gasteiger charge is -2.06. The summed E-state index contributed by atoms with van der Waals surface area (Å²) in [6.45, 7) is 1.08. The molecule has 0 aliphatic rings. The second-order valence-corrected chi connectivity index (χ2v) is 6.24. The lowest BCUT2D eigenvalue weighted by atomic mass is 10.1. The number of nitrogens with one attached hydrogen (secondary N) is 1. The van der Waals surface area contributed by atoms with E-state index in [1.807, 2.05) is 35.6 Å². The smallest absolute Gasteiger partial charge is 0.413 e. The number of hydrogen-bond donors (Lipinski definition) is 1. The number of esters is 1. The predicted octanol–water partition coefficient (Wildman–Crippen LogP) is 2.98. The van der Waals surface area contributed by atoms with Gasteiger partial charge in [-0.1, -0.05) is 18.2 Å². The molecule has 0 saturated heterocycles. The average molecular weight is 423 g/mol. The third-order valence-corrected chi connectivity index (χ3v) is 4.17. The summed E-state index contributed by atoms with van der Waals surface area (Å²) in [7, 11) is 1.56. The summed E-state index contributed by atoms with van der Waals surface area (Å²) in [5.74, 6) is -0.897. The Balaban J connectivity index is 1.84. The van der Waals surface area contributed by atoms with Gasteiger partial charge >= 0.3 is 12.1 Å². The number of ether oxygens (including phenoxy) is 3. The van der Waals surface area contributed by atoms with Crippen LogP contribution in [0.2, 0.25) is 0 Å². The van der Waals surface area contributed by atoms with Crippen molar-refractivity contribution in [3.05, 3.63) is 66.4 Å². The minimum absolute atomic E-state index is 0.114. The van der Waals surface area contributed by atoms with Crippen LogP contribution in [-0.2, 0) is 14.3 Å². The van der Waals surface area contributed by atoms with E-state index in [0.717, 1.165) is 5.69 Å². The van der Waals surface area contributed by atoms with E-state index in [-0.39, 0.29) is 12.2 Å². The molecular weight excluding hydrogens is 402 g/mol. The van der Waals surface area contributed by atoms with Gasteiger partial charge < -0.3 is 14.2 Å². The zero-order chi connectivity index (χ0) is 22.2. The molecule has 2 aromatic carbocycles. The second-order valence-electron chi connectivity index (χ2n) is 6.24. The zero-order valence-corrected chi connectivity index (χ0v) is 17.0. The molecule has 9 nitrogen and oxygen atoms in total. The van der Waals surface area contributed by atoms with Crippen LogP contribution in [0.5, 0.6) is 5.75 Å². The lowest BCUT2D eigenvalue weighted by molar-refractivity contribution is -0.123. The van der Waals surface area contributed by atoms with Crippen molar-refractivity contribution in [2.75, 3.05) is 20.3 Å². The molecule has 0 radical (unpaired) electrons. The summed E-state index contributed by atoms with van der Waals surface area (Å²) in [6, 6.07) is 16.3. The fourth-order valence-corrected chi connectivity index (χ4v) is 2.72. The number of carbonyl (C=O) groups is 3. The van der Waals surface area contributed by atoms with Crippen LogP contribution >= 0.6 is 0 Å². The molecule has 1 N–H and O–H groups in total. The van der Waals surface area contributed by atoms with Gasteiger partial charge in [-0.2, -0.15) is 5.10 Å². The van der Waals surface area contributed by atoms with E-state index in [1.165, 1.54) is 6.20 Å². The van der Waals surface area contributed by atoms with Gasteiger partial charge in [-0.3, -0.25) is 10.1 Å². The van der Waals surface area contributed by atoms with E-state index in [9.17, 15) is 14.4 Å². The van der Waals surface area contributed by atoms with Crippen LogP contribution < -0.4 is 10.1 Å². The molecule has 0 bridgehead atoms. The van der Waals surface area contributed by atoms with Gasteiger partial charge in [0.25, 0.3) is 5.91 Å². The summed E-state index contributed by atoms with van der Waals surface area (Å²) in [5.41, 5.74) is 1.95. The number of para-hydroxylation sites is 1. The van der Waals surface area contributed by atoms with Gasteiger partial charge in [0.2, 0.25) is 0 Å². The summed E-state index contributed by atoms with van der Waals surface area (Å²) in [5, 5.41) is 6.49. The van der Waals surface area contributed by atoms with Gasteiger partial charge in [-0.05, 0) is 43.3 Å². The quantitative estimate of drug-likeness (QED) is 0.582. The van der Waals surface area contributed by atoms with Gasteiger partial charge in [-0.25, -0.2) is 14.3 Å². The predicted molar refractivity (Wildman–Crippen MR) is 111 cm³/mol. The van der Waals surface area contributed by atoms with Gasteiger partial charge in [0.05, 0.1) is 19.4 Å². The number of methoxy groups -OCH3 is 1. The topological polar surface area (TPSA) is 109 Å². The Labute approximate surface area is 178 Å². The Bertz CT molecular complexity index is 1060. The first-order chi connectivity index (χ1) is 15.0. The number of rotatable bonds is 7. The number of hydrogen-bond acceptors (Lipinski definition) is 7. The van der Waals surface area contributed by atoms with Crippen molar-refractivity contribution in [2.45, 2.75) is 6.92 Å². The van der Waals surface area contributed by atoms with Crippen molar-refractivity contribution >= 4 is 18.0 Å². The van der Waals surface area contributed by atoms with Crippen LogP contribution in [0, 0.1) is 0 Å². The minimum atomic E-state index is -0.903. The summed E-state index contributed by atoms with van der Waals surface area (Å²) in [4.78, 5) is 35.8. The van der Waals surface area contributed by atoms with Crippen molar-refractivity contribution in [1.29, 1.82) is 0 Å². The first kappa shape index (κ1) is 21.6. The maximum atomic E-state index is 12.7. The Morgan fingerprint density at radius 3 is 2.35 bits per heavy atom. The fraction of sp³-hybridized carbons (Fsp3) is 0.182. The molecule has 3 aromatic rings. The molecule has 0 spiro atoms. The highest BCUT2D eigenvalue weighted by molar-refractivity contribution is 5.98. The van der Waals surface area contributed by atoms with Crippen molar-refractivity contribution < 1.29 is 28.6 Å². The monoisotopic (exact) mass is 423 g/mol. The minimum Gasteiger partial charge on any atom is -0.497 e. The van der Waals surface area contributed by atoms with E-state index in [1.54, 1.807) is 43.0 Å². The van der Waals surface area contributed by atoms with Crippen LogP contribution in [-0.4, -0.2) is 48.1 Å². The van der Waals surface area contributed by atoms with Gasteiger partial charge in [-0.15, -0.1) is 0 Å². The van der Waals surface area contributed by atoms with Crippen LogP contribution in [0.15, 0.2) is 60.8 Å². The molecule has 160 valence electrons. The number of imide groups is 1. The van der Waals surface area contributed by atoms with Gasteiger partial charge in [0, 0.05) is 11.8 Å². The maximum absolute atomic E-state index is 12.7. The van der Waals surface area contributed by atoms with Crippen LogP contribution in [0.25, 0.3) is 16.9 Å². The van der Waals surface area contributed by atoms with Crippen molar-refractivity contribution in [1.82, 2.24) is 15.1 Å². The fourth-order valence-electron chi connectivity index (χ4n) is 2.72. The first-order valence-electron chi connectivity index (χ1n) is 9.45. The van der Waals surface area contributed by atoms with Crippen LogP contribution in [0.3, 0.4) is 0 Å². The molecule has 0 aliphatic heterocycles. The van der Waals surface area contributed by atoms with Crippen molar-refractivity contribution in [3.63, 3.8) is 0 Å². The Morgan fingerprint density at radius 2 is 1.71 bits per heavy atom. The molecule has 9 heteroatoms. The lowest BCUT2D eigenvalue weighted by Crippen LogP contribution is -2.34. The van der Waals surface area contributed by atoms with E-state index in [4.69, 9.17) is 9.47 Å². The molecular formula is C22H21N3O6. The second kappa shape index (κ2) is 10.1. The molecule has 2 amide bonds. The van der Waals surface area contributed by atoms with E-state index in [0.29, 0.717) is 17.0 Å². The molecule has 0 aliphatic carbocycles. The van der Waals surface area contributed by atoms with Gasteiger partial charge in [0.1, 0.15) is 17.0 Å². The summed E-state index contributed by atoms with van der Waals surface area (Å²) in [6.07, 6.45) is 0.625.